The van der Waals surface area contributed by atoms with Gasteiger partial charge in [-0.1, -0.05) is 18.2 Å². The van der Waals surface area contributed by atoms with E-state index >= 15 is 0 Å². The molecule has 0 radical (unpaired) electrons. The number of ether oxygens (including phenoxy) is 1. The number of anilines is 1. The van der Waals surface area contributed by atoms with Crippen molar-refractivity contribution >= 4 is 17.8 Å². The van der Waals surface area contributed by atoms with E-state index in [1.807, 2.05) is 37.5 Å². The highest BCUT2D eigenvalue weighted by molar-refractivity contribution is 5.94. The third kappa shape index (κ3) is 1.93. The van der Waals surface area contributed by atoms with Crippen molar-refractivity contribution in [1.29, 1.82) is 0 Å². The van der Waals surface area contributed by atoms with Crippen LogP contribution in [0.2, 0.25) is 0 Å². The Morgan fingerprint density at radius 2 is 2.24 bits per heavy atom. The Morgan fingerprint density at radius 3 is 3.14 bits per heavy atom. The molecule has 2 aromatic rings. The Morgan fingerprint density at radius 1 is 1.38 bits per heavy atom. The predicted octanol–water partition coefficient (Wildman–Crippen LogP) is 2.32. The molecule has 2 aliphatic heterocycles. The van der Waals surface area contributed by atoms with Gasteiger partial charge in [0.25, 0.3) is 0 Å². The number of nitrogens with one attached hydrogen (secondary N) is 1. The second-order valence-electron chi connectivity index (χ2n) is 5.42. The lowest BCUT2D eigenvalue weighted by molar-refractivity contribution is -0.116. The van der Waals surface area contributed by atoms with Crippen LogP contribution in [0, 0.1) is 0 Å². The number of carbonyl (C=O) groups excluding carboxylic acids is 1. The molecule has 1 atom stereocenters. The third-order valence-corrected chi connectivity index (χ3v) is 4.09. The van der Waals surface area contributed by atoms with Gasteiger partial charge in [-0.3, -0.25) is 9.48 Å². The highest BCUT2D eigenvalue weighted by atomic mass is 16.5. The maximum atomic E-state index is 12.0. The summed E-state index contributed by atoms with van der Waals surface area (Å²) in [5.41, 5.74) is 3.25. The third-order valence-electron chi connectivity index (χ3n) is 4.09. The van der Waals surface area contributed by atoms with Crippen molar-refractivity contribution in [3.8, 4) is 5.75 Å². The lowest BCUT2D eigenvalue weighted by atomic mass is 9.85. The summed E-state index contributed by atoms with van der Waals surface area (Å²) >= 11 is 0. The molecule has 0 fully saturated rings. The van der Waals surface area contributed by atoms with Gasteiger partial charge in [0, 0.05) is 30.5 Å². The maximum Gasteiger partial charge on any atom is 0.226 e. The number of hydrogen-bond acceptors (Lipinski definition) is 3. The molecule has 1 aromatic carbocycles. The van der Waals surface area contributed by atoms with Gasteiger partial charge in [-0.2, -0.15) is 5.10 Å². The predicted molar refractivity (Wildman–Crippen MR) is 79.1 cm³/mol. The first-order valence-corrected chi connectivity index (χ1v) is 6.96. The second-order valence-corrected chi connectivity index (χ2v) is 5.42. The smallest absolute Gasteiger partial charge is 0.226 e. The molecule has 21 heavy (non-hydrogen) atoms. The van der Waals surface area contributed by atoms with Gasteiger partial charge in [0.05, 0.1) is 6.20 Å². The Labute approximate surface area is 122 Å². The van der Waals surface area contributed by atoms with Crippen molar-refractivity contribution in [2.24, 2.45) is 7.05 Å². The summed E-state index contributed by atoms with van der Waals surface area (Å²) in [4.78, 5) is 12.0. The molecule has 1 amide bonds. The van der Waals surface area contributed by atoms with Crippen LogP contribution in [0.1, 0.15) is 23.5 Å². The highest BCUT2D eigenvalue weighted by Crippen LogP contribution is 2.40. The number of para-hydroxylation sites is 1. The first-order chi connectivity index (χ1) is 10.2. The average molecular weight is 281 g/mol. The van der Waals surface area contributed by atoms with Crippen LogP contribution in [0.5, 0.6) is 5.75 Å². The average Bonchev–Trinajstić information content (AvgIpc) is 2.87. The molecule has 1 aromatic heterocycles. The minimum absolute atomic E-state index is 0.0239. The number of fused-ring (bicyclic) bond motifs is 2. The molecule has 1 N–H and O–H groups in total. The number of carbonyl (C=O) groups is 1. The fraction of sp³-hybridized carbons (Fsp3) is 0.250. The van der Waals surface area contributed by atoms with Gasteiger partial charge in [0.15, 0.2) is 0 Å². The molecule has 5 heteroatoms. The Bertz CT molecular complexity index is 761. The first-order valence-electron chi connectivity index (χ1n) is 6.96. The van der Waals surface area contributed by atoms with Crippen molar-refractivity contribution in [2.75, 3.05) is 11.9 Å². The fourth-order valence-electron chi connectivity index (χ4n) is 3.01. The van der Waals surface area contributed by atoms with E-state index in [-0.39, 0.29) is 11.8 Å². The van der Waals surface area contributed by atoms with Gasteiger partial charge in [0.2, 0.25) is 5.91 Å². The van der Waals surface area contributed by atoms with Gasteiger partial charge in [-0.25, -0.2) is 0 Å². The van der Waals surface area contributed by atoms with Crippen molar-refractivity contribution in [1.82, 2.24) is 9.78 Å². The van der Waals surface area contributed by atoms with Gasteiger partial charge >= 0.3 is 0 Å². The minimum Gasteiger partial charge on any atom is -0.489 e. The van der Waals surface area contributed by atoms with Gasteiger partial charge in [-0.05, 0) is 17.7 Å². The monoisotopic (exact) mass is 281 g/mol. The molecule has 4 rings (SSSR count). The Balaban J connectivity index is 1.78. The number of amides is 1. The molecule has 3 heterocycles. The summed E-state index contributed by atoms with van der Waals surface area (Å²) < 4.78 is 7.53. The second kappa shape index (κ2) is 4.48. The molecule has 0 saturated carbocycles. The molecule has 0 aliphatic carbocycles. The van der Waals surface area contributed by atoms with Gasteiger partial charge in [-0.15, -0.1) is 0 Å². The molecule has 0 spiro atoms. The largest absolute Gasteiger partial charge is 0.489 e. The zero-order valence-electron chi connectivity index (χ0n) is 11.7. The number of nitrogens with zero attached hydrogens (tertiary/aromatic N) is 2. The molecular formula is C16H15N3O2. The number of benzene rings is 1. The lowest BCUT2D eigenvalue weighted by Gasteiger charge is -2.27. The van der Waals surface area contributed by atoms with E-state index < -0.39 is 0 Å². The first kappa shape index (κ1) is 12.2. The van der Waals surface area contributed by atoms with E-state index in [0.29, 0.717) is 13.0 Å². The van der Waals surface area contributed by atoms with E-state index in [1.165, 1.54) is 0 Å². The molecule has 2 aliphatic rings. The number of rotatable bonds is 1. The molecule has 5 nitrogen and oxygen atoms in total. The van der Waals surface area contributed by atoms with Crippen LogP contribution in [-0.2, 0) is 11.8 Å². The van der Waals surface area contributed by atoms with Crippen molar-refractivity contribution < 1.29 is 9.53 Å². The Kier molecular flexibility index (Phi) is 2.60. The summed E-state index contributed by atoms with van der Waals surface area (Å²) in [5.74, 6) is 1.75. The summed E-state index contributed by atoms with van der Waals surface area (Å²) in [7, 11) is 1.84. The zero-order valence-corrected chi connectivity index (χ0v) is 11.7. The quantitative estimate of drug-likeness (QED) is 0.872. The standard InChI is InChI=1S/C16H15N3O2/c1-19-16-13(8-17-19)12(7-15(20)18-16)11-6-10-4-2-3-5-14(10)21-9-11/h2-6,8,12H,7,9H2,1H3,(H,18,20)/t12-/m0/s1. The van der Waals surface area contributed by atoms with Crippen LogP contribution in [0.4, 0.5) is 5.82 Å². The lowest BCUT2D eigenvalue weighted by Crippen LogP contribution is -2.26. The fourth-order valence-corrected chi connectivity index (χ4v) is 3.01. The van der Waals surface area contributed by atoms with E-state index in [2.05, 4.69) is 16.5 Å². The Hall–Kier alpha value is -2.56. The number of aryl methyl sites for hydroxylation is 1. The molecule has 106 valence electrons. The van der Waals surface area contributed by atoms with E-state index in [9.17, 15) is 4.79 Å². The maximum absolute atomic E-state index is 12.0. The molecule has 0 saturated heterocycles. The van der Waals surface area contributed by atoms with Crippen LogP contribution in [0.25, 0.3) is 6.08 Å². The number of aromatic nitrogens is 2. The van der Waals surface area contributed by atoms with E-state index in [1.54, 1.807) is 4.68 Å². The zero-order chi connectivity index (χ0) is 14.4. The van der Waals surface area contributed by atoms with E-state index in [0.717, 1.165) is 28.3 Å². The topological polar surface area (TPSA) is 56.2 Å². The van der Waals surface area contributed by atoms with E-state index in [4.69, 9.17) is 4.74 Å². The summed E-state index contributed by atoms with van der Waals surface area (Å²) in [6.07, 6.45) is 4.41. The van der Waals surface area contributed by atoms with Crippen molar-refractivity contribution in [2.45, 2.75) is 12.3 Å². The van der Waals surface area contributed by atoms with Crippen molar-refractivity contribution in [3.63, 3.8) is 0 Å². The van der Waals surface area contributed by atoms with Crippen LogP contribution < -0.4 is 10.1 Å². The minimum atomic E-state index is 0.0239. The van der Waals surface area contributed by atoms with Gasteiger partial charge in [0.1, 0.15) is 18.2 Å². The number of hydrogen-bond donors (Lipinski definition) is 1. The van der Waals surface area contributed by atoms with Crippen LogP contribution in [0.3, 0.4) is 0 Å². The molecule has 0 unspecified atom stereocenters. The van der Waals surface area contributed by atoms with Gasteiger partial charge < -0.3 is 10.1 Å². The molecule has 0 bridgehead atoms. The van der Waals surface area contributed by atoms with Crippen LogP contribution in [-0.4, -0.2) is 22.3 Å². The highest BCUT2D eigenvalue weighted by Gasteiger charge is 2.31. The summed E-state index contributed by atoms with van der Waals surface area (Å²) in [6.45, 7) is 0.517. The summed E-state index contributed by atoms with van der Waals surface area (Å²) in [5, 5.41) is 7.15. The summed E-state index contributed by atoms with van der Waals surface area (Å²) in [6, 6.07) is 7.95. The SMILES string of the molecule is Cn1ncc2c1NC(=O)C[C@H]2C1=Cc2ccccc2OC1. The van der Waals surface area contributed by atoms with Crippen molar-refractivity contribution in [3.05, 3.63) is 47.2 Å². The van der Waals surface area contributed by atoms with Crippen LogP contribution in [0.15, 0.2) is 36.0 Å². The molecular weight excluding hydrogens is 266 g/mol. The normalized spacial score (nSPS) is 20.0. The van der Waals surface area contributed by atoms with Crippen LogP contribution >= 0.6 is 0 Å².